The van der Waals surface area contributed by atoms with E-state index in [4.69, 9.17) is 27.9 Å². The maximum Gasteiger partial charge on any atom is 0.335 e. The van der Waals surface area contributed by atoms with Gasteiger partial charge in [0.05, 0.1) is 16.4 Å². The number of halogens is 2. The second-order valence-corrected chi connectivity index (χ2v) is 8.62. The van der Waals surface area contributed by atoms with Gasteiger partial charge in [0.1, 0.15) is 11.3 Å². The highest BCUT2D eigenvalue weighted by molar-refractivity contribution is 6.39. The first-order chi connectivity index (χ1) is 17.2. The van der Waals surface area contributed by atoms with E-state index in [1.54, 1.807) is 67.6 Å². The van der Waals surface area contributed by atoms with Crippen molar-refractivity contribution in [2.24, 2.45) is 0 Å². The average Bonchev–Trinajstić information content (AvgIpc) is 2.84. The maximum absolute atomic E-state index is 13.1. The fourth-order valence-corrected chi connectivity index (χ4v) is 3.77. The molecule has 1 fully saturated rings. The van der Waals surface area contributed by atoms with Crippen LogP contribution < -0.4 is 20.3 Å². The number of aryl methyl sites for hydroxylation is 1. The van der Waals surface area contributed by atoms with Crippen molar-refractivity contribution in [1.82, 2.24) is 5.32 Å². The number of barbiturate groups is 1. The van der Waals surface area contributed by atoms with E-state index in [9.17, 15) is 19.2 Å². The topological polar surface area (TPSA) is 105 Å². The molecule has 4 rings (SSSR count). The Bertz CT molecular complexity index is 1400. The number of hydrogen-bond donors (Lipinski definition) is 2. The molecule has 1 heterocycles. The molecule has 36 heavy (non-hydrogen) atoms. The first-order valence-corrected chi connectivity index (χ1v) is 11.4. The van der Waals surface area contributed by atoms with Crippen LogP contribution in [0.4, 0.5) is 16.2 Å². The Morgan fingerprint density at radius 1 is 1.03 bits per heavy atom. The minimum absolute atomic E-state index is 0.221. The number of anilines is 2. The number of nitrogens with one attached hydrogen (secondary N) is 2. The summed E-state index contributed by atoms with van der Waals surface area (Å²) in [4.78, 5) is 50.9. The summed E-state index contributed by atoms with van der Waals surface area (Å²) in [5.41, 5.74) is 1.68. The van der Waals surface area contributed by atoms with Crippen molar-refractivity contribution in [3.05, 3.63) is 93.5 Å². The van der Waals surface area contributed by atoms with Gasteiger partial charge in [-0.1, -0.05) is 53.5 Å². The minimum atomic E-state index is -0.855. The van der Waals surface area contributed by atoms with Crippen LogP contribution >= 0.6 is 23.2 Å². The van der Waals surface area contributed by atoms with Gasteiger partial charge in [0.2, 0.25) is 0 Å². The summed E-state index contributed by atoms with van der Waals surface area (Å²) >= 11 is 12.1. The summed E-state index contributed by atoms with van der Waals surface area (Å²) < 4.78 is 5.49. The third-order valence-corrected chi connectivity index (χ3v) is 5.79. The Balaban J connectivity index is 1.46. The zero-order valence-corrected chi connectivity index (χ0v) is 20.4. The van der Waals surface area contributed by atoms with Crippen molar-refractivity contribution in [2.45, 2.75) is 6.92 Å². The van der Waals surface area contributed by atoms with Crippen LogP contribution in [0.25, 0.3) is 6.08 Å². The van der Waals surface area contributed by atoms with Crippen molar-refractivity contribution < 1.29 is 23.9 Å². The van der Waals surface area contributed by atoms with Crippen LogP contribution in [0.3, 0.4) is 0 Å². The van der Waals surface area contributed by atoms with Gasteiger partial charge >= 0.3 is 6.03 Å². The van der Waals surface area contributed by atoms with E-state index in [-0.39, 0.29) is 23.8 Å². The highest BCUT2D eigenvalue weighted by Crippen LogP contribution is 2.28. The molecule has 0 radical (unpaired) electrons. The van der Waals surface area contributed by atoms with Gasteiger partial charge in [0.25, 0.3) is 17.7 Å². The number of carbonyl (C=O) groups is 4. The van der Waals surface area contributed by atoms with Crippen LogP contribution in [0.1, 0.15) is 11.1 Å². The van der Waals surface area contributed by atoms with Crippen molar-refractivity contribution in [3.63, 3.8) is 0 Å². The van der Waals surface area contributed by atoms with E-state index in [1.807, 2.05) is 0 Å². The van der Waals surface area contributed by atoms with Gasteiger partial charge in [0.15, 0.2) is 6.61 Å². The lowest BCUT2D eigenvalue weighted by atomic mass is 10.1. The molecule has 0 unspecified atom stereocenters. The number of amides is 5. The number of carbonyl (C=O) groups excluding carboxylic acids is 4. The molecule has 0 spiro atoms. The van der Waals surface area contributed by atoms with Crippen LogP contribution in [-0.2, 0) is 14.4 Å². The molecule has 182 valence electrons. The molecule has 1 aliphatic heterocycles. The Morgan fingerprint density at radius 3 is 2.47 bits per heavy atom. The largest absolute Gasteiger partial charge is 0.484 e. The molecule has 2 N–H and O–H groups in total. The Morgan fingerprint density at radius 2 is 1.75 bits per heavy atom. The van der Waals surface area contributed by atoms with Crippen molar-refractivity contribution in [3.8, 4) is 5.75 Å². The first kappa shape index (κ1) is 25.0. The smallest absolute Gasteiger partial charge is 0.335 e. The van der Waals surface area contributed by atoms with Crippen LogP contribution in [0.2, 0.25) is 10.0 Å². The van der Waals surface area contributed by atoms with Crippen molar-refractivity contribution in [1.29, 1.82) is 0 Å². The Kier molecular flexibility index (Phi) is 7.38. The number of benzene rings is 3. The minimum Gasteiger partial charge on any atom is -0.484 e. The van der Waals surface area contributed by atoms with Crippen LogP contribution in [-0.4, -0.2) is 30.4 Å². The van der Waals surface area contributed by atoms with Crippen LogP contribution in [0.15, 0.2) is 72.3 Å². The highest BCUT2D eigenvalue weighted by Gasteiger charge is 2.37. The third-order valence-electron chi connectivity index (χ3n) is 5.22. The molecule has 0 aliphatic carbocycles. The lowest BCUT2D eigenvalue weighted by Crippen LogP contribution is -2.54. The van der Waals surface area contributed by atoms with E-state index in [0.29, 0.717) is 32.6 Å². The number of rotatable bonds is 6. The molecule has 3 aromatic carbocycles. The maximum atomic E-state index is 13.1. The SMILES string of the molecule is Cc1ccc(Cl)cc1N1C(=O)NC(=O)/C(=C\c2ccc(OCC(=O)Nc3ccccc3Cl)cc2)C1=O. The molecule has 0 bridgehead atoms. The lowest BCUT2D eigenvalue weighted by Gasteiger charge is -2.27. The molecule has 10 heteroatoms. The van der Waals surface area contributed by atoms with Gasteiger partial charge in [-0.25, -0.2) is 9.69 Å². The van der Waals surface area contributed by atoms with Crippen molar-refractivity contribution in [2.75, 3.05) is 16.8 Å². The van der Waals surface area contributed by atoms with E-state index in [0.717, 1.165) is 4.90 Å². The van der Waals surface area contributed by atoms with E-state index in [2.05, 4.69) is 10.6 Å². The fraction of sp³-hybridized carbons (Fsp3) is 0.0769. The summed E-state index contributed by atoms with van der Waals surface area (Å²) in [6.07, 6.45) is 1.37. The number of hydrogen-bond acceptors (Lipinski definition) is 5. The molecular weight excluding hydrogens is 505 g/mol. The molecule has 0 saturated carbocycles. The van der Waals surface area contributed by atoms with Gasteiger partial charge in [0, 0.05) is 5.02 Å². The van der Waals surface area contributed by atoms with Crippen LogP contribution in [0, 0.1) is 6.92 Å². The first-order valence-electron chi connectivity index (χ1n) is 10.7. The molecule has 5 amide bonds. The molecule has 1 saturated heterocycles. The molecule has 0 aromatic heterocycles. The predicted molar refractivity (Wildman–Crippen MR) is 137 cm³/mol. The molecular formula is C26H19Cl2N3O5. The second kappa shape index (κ2) is 10.6. The monoisotopic (exact) mass is 523 g/mol. The van der Waals surface area contributed by atoms with Gasteiger partial charge in [-0.2, -0.15) is 0 Å². The number of para-hydroxylation sites is 1. The third kappa shape index (κ3) is 5.56. The highest BCUT2D eigenvalue weighted by atomic mass is 35.5. The Hall–Kier alpha value is -4.14. The summed E-state index contributed by atoms with van der Waals surface area (Å²) in [6, 6.07) is 17.2. The molecule has 8 nitrogen and oxygen atoms in total. The van der Waals surface area contributed by atoms with Gasteiger partial charge < -0.3 is 10.1 Å². The predicted octanol–water partition coefficient (Wildman–Crippen LogP) is 4.99. The zero-order chi connectivity index (χ0) is 25.8. The van der Waals surface area contributed by atoms with Gasteiger partial charge in [-0.3, -0.25) is 19.7 Å². The summed E-state index contributed by atoms with van der Waals surface area (Å²) in [5.74, 6) is -1.57. The normalized spacial score (nSPS) is 14.6. The van der Waals surface area contributed by atoms with E-state index >= 15 is 0 Å². The number of ether oxygens (including phenoxy) is 1. The molecule has 3 aromatic rings. The standard InChI is InChI=1S/C26H19Cl2N3O5/c1-15-6-9-17(27)13-22(15)31-25(34)19(24(33)30-26(31)35)12-16-7-10-18(11-8-16)36-14-23(32)29-21-5-3-2-4-20(21)28/h2-13H,14H2,1H3,(H,29,32)(H,30,33,35)/b19-12+. The lowest BCUT2D eigenvalue weighted by molar-refractivity contribution is -0.122. The summed E-state index contributed by atoms with van der Waals surface area (Å²) in [6.45, 7) is 1.47. The van der Waals surface area contributed by atoms with E-state index < -0.39 is 17.8 Å². The second-order valence-electron chi connectivity index (χ2n) is 7.77. The fourth-order valence-electron chi connectivity index (χ4n) is 3.42. The average molecular weight is 524 g/mol. The van der Waals surface area contributed by atoms with Crippen LogP contribution in [0.5, 0.6) is 5.75 Å². The van der Waals surface area contributed by atoms with Gasteiger partial charge in [-0.15, -0.1) is 0 Å². The van der Waals surface area contributed by atoms with E-state index in [1.165, 1.54) is 12.1 Å². The number of urea groups is 1. The summed E-state index contributed by atoms with van der Waals surface area (Å²) in [5, 5.41) is 5.59. The Labute approximate surface area is 216 Å². The summed E-state index contributed by atoms with van der Waals surface area (Å²) in [7, 11) is 0. The van der Waals surface area contributed by atoms with Crippen molar-refractivity contribution >= 4 is 64.4 Å². The van der Waals surface area contributed by atoms with Gasteiger partial charge in [-0.05, 0) is 60.5 Å². The zero-order valence-electron chi connectivity index (χ0n) is 18.9. The molecule has 1 aliphatic rings. The number of nitrogens with zero attached hydrogens (tertiary/aromatic N) is 1. The molecule has 0 atom stereocenters. The quantitative estimate of drug-likeness (QED) is 0.350. The number of imide groups is 2.